The molecule has 0 bridgehead atoms. The van der Waals surface area contributed by atoms with Crippen molar-refractivity contribution in [2.45, 2.75) is 56.0 Å². The maximum absolute atomic E-state index is 13.0. The van der Waals surface area contributed by atoms with Crippen LogP contribution in [-0.2, 0) is 0 Å². The Hall–Kier alpha value is -0.670. The topological polar surface area (TPSA) is 26.0 Å². The molecule has 0 aromatic rings. The van der Waals surface area contributed by atoms with Gasteiger partial charge in [0.05, 0.1) is 0 Å². The molecule has 2 N–H and O–H groups in total. The van der Waals surface area contributed by atoms with Crippen LogP contribution in [0, 0.1) is 0 Å². The lowest BCUT2D eigenvalue weighted by Gasteiger charge is -2.33. The molecule has 0 rings (SSSR count). The van der Waals surface area contributed by atoms with Gasteiger partial charge in [-0.2, -0.15) is 39.5 Å². The van der Waals surface area contributed by atoms with E-state index >= 15 is 0 Å². The van der Waals surface area contributed by atoms with Gasteiger partial charge in [-0.3, -0.25) is 0 Å². The first-order valence-electron chi connectivity index (χ1n) is 5.71. The van der Waals surface area contributed by atoms with E-state index in [9.17, 15) is 39.5 Å². The normalized spacial score (nSPS) is 14.7. The van der Waals surface area contributed by atoms with Crippen molar-refractivity contribution in [3.63, 3.8) is 0 Å². The van der Waals surface area contributed by atoms with Gasteiger partial charge in [-0.15, -0.1) is 0 Å². The molecule has 0 aliphatic carbocycles. The summed E-state index contributed by atoms with van der Waals surface area (Å²) in [6.07, 6.45) is -8.40. The highest BCUT2D eigenvalue weighted by Crippen LogP contribution is 2.54. The van der Waals surface area contributed by atoms with Crippen LogP contribution in [0.4, 0.5) is 39.5 Å². The molecule has 20 heavy (non-hydrogen) atoms. The van der Waals surface area contributed by atoms with Crippen LogP contribution in [0.1, 0.15) is 32.1 Å². The Bertz CT molecular complexity index is 298. The summed E-state index contributed by atoms with van der Waals surface area (Å²) in [4.78, 5) is 0. The van der Waals surface area contributed by atoms with Gasteiger partial charge in [0.25, 0.3) is 0 Å². The molecule has 0 atom stereocenters. The number of unbranched alkanes of at least 4 members (excludes halogenated alkanes) is 3. The molecule has 0 saturated heterocycles. The van der Waals surface area contributed by atoms with Crippen molar-refractivity contribution >= 4 is 0 Å². The second-order valence-corrected chi connectivity index (χ2v) is 4.30. The Morgan fingerprint density at radius 3 is 1.45 bits per heavy atom. The molecule has 0 saturated carbocycles. The van der Waals surface area contributed by atoms with Crippen molar-refractivity contribution in [3.8, 4) is 0 Å². The quantitative estimate of drug-likeness (QED) is 0.522. The minimum absolute atomic E-state index is 0.0134. The molecule has 0 fully saturated rings. The average Bonchev–Trinajstić information content (AvgIpc) is 2.26. The molecule has 0 spiro atoms. The van der Waals surface area contributed by atoms with Gasteiger partial charge < -0.3 is 5.73 Å². The van der Waals surface area contributed by atoms with Gasteiger partial charge in [-0.25, -0.2) is 0 Å². The van der Waals surface area contributed by atoms with Crippen LogP contribution in [0.5, 0.6) is 0 Å². The summed E-state index contributed by atoms with van der Waals surface area (Å²) in [7, 11) is 0. The molecule has 0 aliphatic heterocycles. The fraction of sp³-hybridized carbons (Fsp3) is 1.00. The third-order valence-corrected chi connectivity index (χ3v) is 2.65. The van der Waals surface area contributed by atoms with Crippen LogP contribution in [-0.4, -0.2) is 30.5 Å². The van der Waals surface area contributed by atoms with Crippen LogP contribution < -0.4 is 5.73 Å². The fourth-order valence-electron chi connectivity index (χ4n) is 1.41. The van der Waals surface area contributed by atoms with Gasteiger partial charge in [-0.1, -0.05) is 12.8 Å². The van der Waals surface area contributed by atoms with Crippen molar-refractivity contribution in [1.29, 1.82) is 0 Å². The van der Waals surface area contributed by atoms with E-state index < -0.39 is 36.8 Å². The van der Waals surface area contributed by atoms with E-state index in [4.69, 9.17) is 5.73 Å². The minimum Gasteiger partial charge on any atom is -0.330 e. The lowest BCUT2D eigenvalue weighted by Crippen LogP contribution is -2.60. The standard InChI is InChI=1S/C10H14F9N/c11-7(12,5-3-1-2-4-6-20)8(13,14)9(15,16)10(17,18)19/h1-6,20H2. The summed E-state index contributed by atoms with van der Waals surface area (Å²) in [5.74, 6) is -18.7. The summed E-state index contributed by atoms with van der Waals surface area (Å²) >= 11 is 0. The SMILES string of the molecule is NCCCCCCC(F)(F)C(F)(F)C(F)(F)C(F)(F)F. The van der Waals surface area contributed by atoms with Crippen LogP contribution >= 0.6 is 0 Å². The van der Waals surface area contributed by atoms with Gasteiger partial charge >= 0.3 is 23.9 Å². The Labute approximate surface area is 109 Å². The molecule has 0 aromatic carbocycles. The maximum atomic E-state index is 13.0. The van der Waals surface area contributed by atoms with E-state index in [1.54, 1.807) is 0 Å². The summed E-state index contributed by atoms with van der Waals surface area (Å²) in [5, 5.41) is 0. The smallest absolute Gasteiger partial charge is 0.330 e. The molecular formula is C10H14F9N. The van der Waals surface area contributed by atoms with Crippen molar-refractivity contribution in [2.75, 3.05) is 6.54 Å². The summed E-state index contributed by atoms with van der Waals surface area (Å²) < 4.78 is 112. The van der Waals surface area contributed by atoms with Crippen LogP contribution in [0.2, 0.25) is 0 Å². The number of rotatable bonds is 8. The van der Waals surface area contributed by atoms with Gasteiger partial charge in [-0.05, 0) is 19.4 Å². The van der Waals surface area contributed by atoms with E-state index in [0.717, 1.165) is 0 Å². The largest absolute Gasteiger partial charge is 0.460 e. The Balaban J connectivity index is 4.81. The second-order valence-electron chi connectivity index (χ2n) is 4.30. The van der Waals surface area contributed by atoms with Crippen molar-refractivity contribution in [1.82, 2.24) is 0 Å². The highest BCUT2D eigenvalue weighted by atomic mass is 19.4. The summed E-state index contributed by atoms with van der Waals surface area (Å²) in [5.41, 5.74) is 5.08. The van der Waals surface area contributed by atoms with Crippen molar-refractivity contribution in [3.05, 3.63) is 0 Å². The van der Waals surface area contributed by atoms with Crippen LogP contribution in [0.3, 0.4) is 0 Å². The Kier molecular flexibility index (Phi) is 6.18. The van der Waals surface area contributed by atoms with Crippen LogP contribution in [0.15, 0.2) is 0 Å². The highest BCUT2D eigenvalue weighted by molar-refractivity contribution is 5.00. The zero-order chi connectivity index (χ0) is 16.2. The molecular weight excluding hydrogens is 305 g/mol. The Morgan fingerprint density at radius 2 is 1.05 bits per heavy atom. The number of hydrogen-bond donors (Lipinski definition) is 1. The van der Waals surface area contributed by atoms with E-state index in [-0.39, 0.29) is 13.0 Å². The molecule has 1 nitrogen and oxygen atoms in total. The molecule has 0 heterocycles. The van der Waals surface area contributed by atoms with Gasteiger partial charge in [0, 0.05) is 6.42 Å². The molecule has 0 aliphatic rings. The number of halogens is 9. The first kappa shape index (κ1) is 19.3. The first-order chi connectivity index (χ1) is 8.81. The predicted molar refractivity (Wildman–Crippen MR) is 53.0 cm³/mol. The lowest BCUT2D eigenvalue weighted by atomic mass is 9.98. The first-order valence-corrected chi connectivity index (χ1v) is 5.71. The minimum atomic E-state index is -6.79. The van der Waals surface area contributed by atoms with E-state index in [1.165, 1.54) is 0 Å². The Morgan fingerprint density at radius 1 is 0.600 bits per heavy atom. The van der Waals surface area contributed by atoms with Gasteiger partial charge in [0.1, 0.15) is 0 Å². The number of nitrogens with two attached hydrogens (primary N) is 1. The van der Waals surface area contributed by atoms with E-state index in [1.807, 2.05) is 0 Å². The zero-order valence-corrected chi connectivity index (χ0v) is 10.2. The van der Waals surface area contributed by atoms with Gasteiger partial charge in [0.2, 0.25) is 0 Å². The van der Waals surface area contributed by atoms with Crippen LogP contribution in [0.25, 0.3) is 0 Å². The lowest BCUT2D eigenvalue weighted by molar-refractivity contribution is -0.396. The predicted octanol–water partition coefficient (Wildman–Crippen LogP) is 4.36. The molecule has 0 aromatic heterocycles. The fourth-order valence-corrected chi connectivity index (χ4v) is 1.41. The van der Waals surface area contributed by atoms with E-state index in [0.29, 0.717) is 12.8 Å². The summed E-state index contributed by atoms with van der Waals surface area (Å²) in [6.45, 7) is 0.235. The average molecular weight is 319 g/mol. The maximum Gasteiger partial charge on any atom is 0.460 e. The van der Waals surface area contributed by atoms with Gasteiger partial charge in [0.15, 0.2) is 0 Å². The van der Waals surface area contributed by atoms with Crippen molar-refractivity contribution in [2.24, 2.45) is 5.73 Å². The third kappa shape index (κ3) is 3.92. The molecule has 122 valence electrons. The second kappa shape index (κ2) is 6.40. The van der Waals surface area contributed by atoms with Crippen molar-refractivity contribution < 1.29 is 39.5 Å². The van der Waals surface area contributed by atoms with E-state index in [2.05, 4.69) is 0 Å². The third-order valence-electron chi connectivity index (χ3n) is 2.65. The monoisotopic (exact) mass is 319 g/mol. The molecule has 0 unspecified atom stereocenters. The highest BCUT2D eigenvalue weighted by Gasteiger charge is 2.81. The number of alkyl halides is 9. The summed E-state index contributed by atoms with van der Waals surface area (Å²) in [6, 6.07) is 0. The molecule has 10 heteroatoms. The number of hydrogen-bond acceptors (Lipinski definition) is 1. The molecule has 0 radical (unpaired) electrons. The molecule has 0 amide bonds. The zero-order valence-electron chi connectivity index (χ0n) is 10.2.